The maximum absolute atomic E-state index is 13.7. The fraction of sp³-hybridized carbons (Fsp3) is 0.261. The normalized spacial score (nSPS) is 15.6. The molecule has 0 aliphatic carbocycles. The third-order valence-corrected chi connectivity index (χ3v) is 10.6. The van der Waals surface area contributed by atoms with E-state index in [2.05, 4.69) is 20.9 Å². The van der Waals surface area contributed by atoms with Crippen molar-refractivity contribution >= 4 is 69.9 Å². The predicted octanol–water partition coefficient (Wildman–Crippen LogP) is 5.15. The molecule has 1 aromatic carbocycles. The third kappa shape index (κ3) is 4.80. The maximum Gasteiger partial charge on any atom is 0.252 e. The van der Waals surface area contributed by atoms with Crippen LogP contribution in [0, 0.1) is 5.92 Å². The summed E-state index contributed by atoms with van der Waals surface area (Å²) in [7, 11) is -3.50. The van der Waals surface area contributed by atoms with E-state index in [0.717, 1.165) is 20.3 Å². The van der Waals surface area contributed by atoms with Crippen LogP contribution < -0.4 is 4.90 Å². The molecule has 4 heterocycles. The first kappa shape index (κ1) is 23.6. The first-order valence-corrected chi connectivity index (χ1v) is 14.6. The summed E-state index contributed by atoms with van der Waals surface area (Å²) >= 11 is 6.19. The molecule has 1 saturated heterocycles. The van der Waals surface area contributed by atoms with Gasteiger partial charge in [-0.05, 0) is 60.2 Å². The summed E-state index contributed by atoms with van der Waals surface area (Å²) in [6.07, 6.45) is 4.38. The molecule has 0 radical (unpaired) electrons. The second-order valence-electron chi connectivity index (χ2n) is 8.00. The van der Waals surface area contributed by atoms with Crippen molar-refractivity contribution < 1.29 is 13.2 Å². The molecule has 176 valence electrons. The van der Waals surface area contributed by atoms with Gasteiger partial charge in [0.05, 0.1) is 16.8 Å². The van der Waals surface area contributed by atoms with Crippen molar-refractivity contribution in [3.05, 3.63) is 70.3 Å². The van der Waals surface area contributed by atoms with Crippen LogP contribution in [0.4, 0.5) is 5.13 Å². The molecule has 3 aromatic heterocycles. The molecule has 1 fully saturated rings. The van der Waals surface area contributed by atoms with Crippen molar-refractivity contribution in [2.24, 2.45) is 5.92 Å². The summed E-state index contributed by atoms with van der Waals surface area (Å²) in [6.45, 7) is 1.04. The molecule has 5 rings (SSSR count). The van der Waals surface area contributed by atoms with E-state index in [0.29, 0.717) is 41.8 Å². The Morgan fingerprint density at radius 2 is 1.91 bits per heavy atom. The fourth-order valence-electron chi connectivity index (χ4n) is 4.01. The molecular formula is C23H21BrN4O3S3. The van der Waals surface area contributed by atoms with Gasteiger partial charge in [-0.3, -0.25) is 14.7 Å². The predicted molar refractivity (Wildman–Crippen MR) is 139 cm³/mol. The zero-order valence-corrected chi connectivity index (χ0v) is 22.0. The van der Waals surface area contributed by atoms with E-state index in [1.807, 2.05) is 30.3 Å². The van der Waals surface area contributed by atoms with Crippen molar-refractivity contribution in [3.63, 3.8) is 0 Å². The monoisotopic (exact) mass is 576 g/mol. The molecule has 0 N–H and O–H groups in total. The van der Waals surface area contributed by atoms with E-state index in [1.165, 1.54) is 27.0 Å². The van der Waals surface area contributed by atoms with Crippen LogP contribution in [-0.4, -0.2) is 41.7 Å². The van der Waals surface area contributed by atoms with Gasteiger partial charge in [0.25, 0.3) is 10.0 Å². The van der Waals surface area contributed by atoms with Crippen molar-refractivity contribution in [2.75, 3.05) is 18.0 Å². The number of sulfonamides is 1. The molecule has 11 heteroatoms. The number of hydrogen-bond acceptors (Lipinski definition) is 7. The lowest BCUT2D eigenvalue weighted by atomic mass is 9.96. The summed E-state index contributed by atoms with van der Waals surface area (Å²) in [6, 6.07) is 13.0. The molecule has 1 amide bonds. The number of nitrogens with zero attached hydrogens (tertiary/aromatic N) is 4. The van der Waals surface area contributed by atoms with Crippen LogP contribution in [0.3, 0.4) is 0 Å². The number of carbonyl (C=O) groups excluding carboxylic acids is 1. The van der Waals surface area contributed by atoms with Gasteiger partial charge in [0.2, 0.25) is 5.91 Å². The summed E-state index contributed by atoms with van der Waals surface area (Å²) in [4.78, 5) is 24.3. The van der Waals surface area contributed by atoms with Crippen molar-refractivity contribution in [3.8, 4) is 0 Å². The van der Waals surface area contributed by atoms with E-state index < -0.39 is 10.0 Å². The first-order chi connectivity index (χ1) is 16.4. The number of hydrogen-bond donors (Lipinski definition) is 0. The van der Waals surface area contributed by atoms with Gasteiger partial charge >= 0.3 is 0 Å². The molecule has 1 aliphatic rings. The zero-order chi connectivity index (χ0) is 23.7. The van der Waals surface area contributed by atoms with E-state index in [4.69, 9.17) is 4.98 Å². The van der Waals surface area contributed by atoms with Gasteiger partial charge in [-0.15, -0.1) is 11.3 Å². The standard InChI is InChI=1S/C23H21BrN4O3S3/c24-18-3-4-19-20(14-18)33-23(26-19)28(15-16-5-9-25-10-6-16)22(29)17-7-11-27(12-8-17)34(30,31)21-2-1-13-32-21/h1-6,9-10,13-14,17H,7-8,11-12,15H2. The van der Waals surface area contributed by atoms with Gasteiger partial charge < -0.3 is 0 Å². The number of fused-ring (bicyclic) bond motifs is 1. The van der Waals surface area contributed by atoms with Crippen molar-refractivity contribution in [1.29, 1.82) is 0 Å². The highest BCUT2D eigenvalue weighted by Gasteiger charge is 2.35. The number of amides is 1. The second kappa shape index (κ2) is 9.82. The number of thiazole rings is 1. The average molecular weight is 578 g/mol. The van der Waals surface area contributed by atoms with E-state index >= 15 is 0 Å². The fourth-order valence-corrected chi connectivity index (χ4v) is 8.15. The minimum Gasteiger partial charge on any atom is -0.283 e. The molecule has 0 unspecified atom stereocenters. The lowest BCUT2D eigenvalue weighted by molar-refractivity contribution is -0.123. The summed E-state index contributed by atoms with van der Waals surface area (Å²) in [5.41, 5.74) is 1.80. The lowest BCUT2D eigenvalue weighted by Crippen LogP contribution is -2.44. The average Bonchev–Trinajstić information content (AvgIpc) is 3.53. The number of thiophene rings is 1. The van der Waals surface area contributed by atoms with Crippen LogP contribution in [-0.2, 0) is 21.4 Å². The summed E-state index contributed by atoms with van der Waals surface area (Å²) in [5, 5.41) is 2.40. The molecular weight excluding hydrogens is 556 g/mol. The van der Waals surface area contributed by atoms with E-state index in [-0.39, 0.29) is 11.8 Å². The molecule has 0 bridgehead atoms. The van der Waals surface area contributed by atoms with Crippen LogP contribution in [0.5, 0.6) is 0 Å². The SMILES string of the molecule is O=C(C1CCN(S(=O)(=O)c2cccs2)CC1)N(Cc1ccncc1)c1nc2ccc(Br)cc2s1. The maximum atomic E-state index is 13.7. The zero-order valence-electron chi connectivity index (χ0n) is 18.0. The molecule has 7 nitrogen and oxygen atoms in total. The van der Waals surface area contributed by atoms with Gasteiger partial charge in [-0.25, -0.2) is 13.4 Å². The van der Waals surface area contributed by atoms with Crippen LogP contribution in [0.1, 0.15) is 18.4 Å². The van der Waals surface area contributed by atoms with Gasteiger partial charge in [0, 0.05) is 35.9 Å². The molecule has 1 aliphatic heterocycles. The summed E-state index contributed by atoms with van der Waals surface area (Å²) in [5.74, 6) is -0.293. The number of rotatable bonds is 6. The van der Waals surface area contributed by atoms with E-state index in [9.17, 15) is 13.2 Å². The van der Waals surface area contributed by atoms with Crippen LogP contribution >= 0.6 is 38.6 Å². The van der Waals surface area contributed by atoms with Crippen LogP contribution in [0.15, 0.2) is 68.9 Å². The number of benzene rings is 1. The Balaban J connectivity index is 1.38. The molecule has 0 spiro atoms. The highest BCUT2D eigenvalue weighted by atomic mass is 79.9. The molecule has 0 saturated carbocycles. The number of carbonyl (C=O) groups is 1. The van der Waals surface area contributed by atoms with Gasteiger partial charge in [0.1, 0.15) is 4.21 Å². The minimum atomic E-state index is -3.50. The first-order valence-electron chi connectivity index (χ1n) is 10.7. The van der Waals surface area contributed by atoms with Gasteiger partial charge in [-0.2, -0.15) is 4.31 Å². The van der Waals surface area contributed by atoms with Crippen LogP contribution in [0.2, 0.25) is 0 Å². The summed E-state index contributed by atoms with van der Waals surface area (Å²) < 4.78 is 29.5. The number of halogens is 1. The Labute approximate surface area is 214 Å². The molecule has 4 aromatic rings. The van der Waals surface area contributed by atoms with Crippen molar-refractivity contribution in [2.45, 2.75) is 23.6 Å². The smallest absolute Gasteiger partial charge is 0.252 e. The Bertz CT molecular complexity index is 1400. The van der Waals surface area contributed by atoms with Gasteiger partial charge in [-0.1, -0.05) is 33.3 Å². The number of anilines is 1. The quantitative estimate of drug-likeness (QED) is 0.317. The Kier molecular flexibility index (Phi) is 6.81. The highest BCUT2D eigenvalue weighted by Crippen LogP contribution is 2.34. The van der Waals surface area contributed by atoms with Crippen molar-refractivity contribution in [1.82, 2.24) is 14.3 Å². The Morgan fingerprint density at radius 3 is 2.62 bits per heavy atom. The third-order valence-electron chi connectivity index (χ3n) is 5.82. The minimum absolute atomic E-state index is 0.0249. The topological polar surface area (TPSA) is 83.5 Å². The lowest BCUT2D eigenvalue weighted by Gasteiger charge is -2.32. The number of aromatic nitrogens is 2. The molecule has 34 heavy (non-hydrogen) atoms. The van der Waals surface area contributed by atoms with E-state index in [1.54, 1.807) is 34.8 Å². The largest absolute Gasteiger partial charge is 0.283 e. The molecule has 0 atom stereocenters. The number of pyridine rings is 1. The number of piperidine rings is 1. The van der Waals surface area contributed by atoms with Crippen LogP contribution in [0.25, 0.3) is 10.2 Å². The highest BCUT2D eigenvalue weighted by molar-refractivity contribution is 9.10. The second-order valence-corrected chi connectivity index (χ2v) is 13.0. The van der Waals surface area contributed by atoms with Gasteiger partial charge in [0.15, 0.2) is 5.13 Å². The Morgan fingerprint density at radius 1 is 1.15 bits per heavy atom. The Hall–Kier alpha value is -2.18.